The molecule has 0 N–H and O–H groups in total. The third-order valence-corrected chi connectivity index (χ3v) is 6.78. The lowest BCUT2D eigenvalue weighted by Gasteiger charge is -2.48. The van der Waals surface area contributed by atoms with Crippen LogP contribution in [0.15, 0.2) is 60.7 Å². The van der Waals surface area contributed by atoms with E-state index >= 15 is 0 Å². The Morgan fingerprint density at radius 2 is 1.63 bits per heavy atom. The van der Waals surface area contributed by atoms with Crippen LogP contribution in [0.2, 0.25) is 0 Å². The summed E-state index contributed by atoms with van der Waals surface area (Å²) in [5.74, 6) is 1.89. The molecule has 1 heterocycles. The Labute approximate surface area is 163 Å². The summed E-state index contributed by atoms with van der Waals surface area (Å²) < 4.78 is 0. The van der Waals surface area contributed by atoms with Gasteiger partial charge >= 0.3 is 0 Å². The molecule has 2 fully saturated rings. The highest BCUT2D eigenvalue weighted by Gasteiger charge is 2.41. The number of amides is 1. The fourth-order valence-corrected chi connectivity index (χ4v) is 5.36. The summed E-state index contributed by atoms with van der Waals surface area (Å²) in [6.07, 6.45) is 6.76. The normalized spacial score (nSPS) is 26.3. The lowest BCUT2D eigenvalue weighted by molar-refractivity contribution is -0.138. The summed E-state index contributed by atoms with van der Waals surface area (Å²) in [6.45, 7) is 3.10. The number of carbonyl (C=O) groups excluding carboxylic acids is 1. The molecule has 2 aliphatic rings. The monoisotopic (exact) mass is 361 g/mol. The van der Waals surface area contributed by atoms with E-state index in [1.165, 1.54) is 36.8 Å². The minimum absolute atomic E-state index is 0.285. The minimum Gasteiger partial charge on any atom is -0.339 e. The van der Waals surface area contributed by atoms with Gasteiger partial charge < -0.3 is 4.90 Å². The number of piperidine rings is 1. The van der Waals surface area contributed by atoms with Gasteiger partial charge in [0.15, 0.2) is 0 Å². The van der Waals surface area contributed by atoms with E-state index in [2.05, 4.69) is 66.4 Å². The van der Waals surface area contributed by atoms with Crippen LogP contribution in [0.25, 0.3) is 0 Å². The number of hydrogen-bond donors (Lipinski definition) is 0. The van der Waals surface area contributed by atoms with Crippen LogP contribution in [0, 0.1) is 5.92 Å². The Balaban J connectivity index is 1.48. The number of likely N-dealkylation sites (tertiary alicyclic amines) is 1. The van der Waals surface area contributed by atoms with Gasteiger partial charge in [0.25, 0.3) is 0 Å². The van der Waals surface area contributed by atoms with Crippen LogP contribution in [0.5, 0.6) is 0 Å². The van der Waals surface area contributed by atoms with E-state index in [0.717, 1.165) is 13.0 Å². The van der Waals surface area contributed by atoms with Crippen molar-refractivity contribution in [2.45, 2.75) is 63.3 Å². The zero-order valence-electron chi connectivity index (χ0n) is 16.4. The highest BCUT2D eigenvalue weighted by atomic mass is 16.2. The Hall–Kier alpha value is -2.09. The standard InChI is InChI=1S/C25H31NO/c1-19(20-10-4-2-5-11-20)18-25(27)26-17-16-22(21-12-6-3-7-13-21)23-14-8-9-15-24(23)26/h2-7,10-13,19,22-24H,8-9,14-18H2,1H3/t19?,22-,23-,24-/m0/s1. The molecule has 1 unspecified atom stereocenters. The molecule has 27 heavy (non-hydrogen) atoms. The molecule has 2 aromatic carbocycles. The quantitative estimate of drug-likeness (QED) is 0.678. The Morgan fingerprint density at radius 1 is 0.963 bits per heavy atom. The summed E-state index contributed by atoms with van der Waals surface area (Å²) in [6, 6.07) is 21.9. The Morgan fingerprint density at radius 3 is 2.37 bits per heavy atom. The van der Waals surface area contributed by atoms with Gasteiger partial charge in [-0.3, -0.25) is 4.79 Å². The highest BCUT2D eigenvalue weighted by Crippen LogP contribution is 2.44. The van der Waals surface area contributed by atoms with Gasteiger partial charge in [0.2, 0.25) is 5.91 Å². The van der Waals surface area contributed by atoms with E-state index in [4.69, 9.17) is 0 Å². The molecule has 1 saturated heterocycles. The zero-order chi connectivity index (χ0) is 18.6. The van der Waals surface area contributed by atoms with Crippen LogP contribution in [-0.2, 0) is 4.79 Å². The highest BCUT2D eigenvalue weighted by molar-refractivity contribution is 5.77. The van der Waals surface area contributed by atoms with E-state index in [0.29, 0.717) is 30.2 Å². The van der Waals surface area contributed by atoms with E-state index in [9.17, 15) is 4.79 Å². The first-order valence-corrected chi connectivity index (χ1v) is 10.6. The summed E-state index contributed by atoms with van der Waals surface area (Å²) in [4.78, 5) is 15.5. The van der Waals surface area contributed by atoms with Crippen molar-refractivity contribution in [3.05, 3.63) is 71.8 Å². The van der Waals surface area contributed by atoms with Crippen LogP contribution < -0.4 is 0 Å². The van der Waals surface area contributed by atoms with Crippen LogP contribution in [0.3, 0.4) is 0 Å². The average Bonchev–Trinajstić information content (AvgIpc) is 2.74. The molecule has 0 aromatic heterocycles. The third-order valence-electron chi connectivity index (χ3n) is 6.78. The third kappa shape index (κ3) is 3.95. The van der Waals surface area contributed by atoms with Gasteiger partial charge in [-0.2, -0.15) is 0 Å². The van der Waals surface area contributed by atoms with Crippen molar-refractivity contribution in [1.82, 2.24) is 4.90 Å². The predicted octanol–water partition coefficient (Wildman–Crippen LogP) is 5.76. The molecule has 0 spiro atoms. The second kappa shape index (κ2) is 8.29. The number of rotatable bonds is 4. The largest absolute Gasteiger partial charge is 0.339 e. The summed E-state index contributed by atoms with van der Waals surface area (Å²) in [5, 5.41) is 0. The van der Waals surface area contributed by atoms with Crippen LogP contribution in [0.1, 0.15) is 68.4 Å². The van der Waals surface area contributed by atoms with Gasteiger partial charge in [0.1, 0.15) is 0 Å². The molecule has 2 nitrogen and oxygen atoms in total. The van der Waals surface area contributed by atoms with E-state index in [-0.39, 0.29) is 5.92 Å². The first-order chi connectivity index (χ1) is 13.2. The lowest BCUT2D eigenvalue weighted by atomic mass is 9.69. The molecule has 4 atom stereocenters. The van der Waals surface area contributed by atoms with Crippen molar-refractivity contribution < 1.29 is 4.79 Å². The molecule has 1 amide bonds. The summed E-state index contributed by atoms with van der Waals surface area (Å²) >= 11 is 0. The van der Waals surface area contributed by atoms with Gasteiger partial charge in [0.05, 0.1) is 0 Å². The van der Waals surface area contributed by atoms with Crippen LogP contribution in [-0.4, -0.2) is 23.4 Å². The van der Waals surface area contributed by atoms with Gasteiger partial charge in [-0.05, 0) is 48.1 Å². The van der Waals surface area contributed by atoms with Crippen LogP contribution >= 0.6 is 0 Å². The molecule has 0 radical (unpaired) electrons. The van der Waals surface area contributed by atoms with E-state index in [1.807, 2.05) is 6.07 Å². The van der Waals surface area contributed by atoms with Crippen molar-refractivity contribution in [2.75, 3.05) is 6.54 Å². The Kier molecular flexibility index (Phi) is 5.61. The lowest BCUT2D eigenvalue weighted by Crippen LogP contribution is -2.52. The second-order valence-corrected chi connectivity index (χ2v) is 8.42. The van der Waals surface area contributed by atoms with E-state index < -0.39 is 0 Å². The smallest absolute Gasteiger partial charge is 0.223 e. The maximum Gasteiger partial charge on any atom is 0.223 e. The Bertz CT molecular complexity index is 741. The van der Waals surface area contributed by atoms with Crippen molar-refractivity contribution in [1.29, 1.82) is 0 Å². The molecule has 1 aliphatic carbocycles. The number of nitrogens with zero attached hydrogens (tertiary/aromatic N) is 1. The summed E-state index contributed by atoms with van der Waals surface area (Å²) in [5.41, 5.74) is 2.74. The summed E-state index contributed by atoms with van der Waals surface area (Å²) in [7, 11) is 0. The average molecular weight is 362 g/mol. The molecule has 4 rings (SSSR count). The number of fused-ring (bicyclic) bond motifs is 1. The maximum absolute atomic E-state index is 13.2. The van der Waals surface area contributed by atoms with Crippen molar-refractivity contribution in [3.63, 3.8) is 0 Å². The molecule has 1 saturated carbocycles. The van der Waals surface area contributed by atoms with Crippen LogP contribution in [0.4, 0.5) is 0 Å². The number of hydrogen-bond acceptors (Lipinski definition) is 1. The van der Waals surface area contributed by atoms with Gasteiger partial charge in [-0.25, -0.2) is 0 Å². The van der Waals surface area contributed by atoms with E-state index in [1.54, 1.807) is 0 Å². The fourth-order valence-electron chi connectivity index (χ4n) is 5.36. The van der Waals surface area contributed by atoms with Gasteiger partial charge in [-0.1, -0.05) is 80.4 Å². The molecule has 1 aliphatic heterocycles. The zero-order valence-corrected chi connectivity index (χ0v) is 16.4. The number of benzene rings is 2. The number of carbonyl (C=O) groups is 1. The van der Waals surface area contributed by atoms with Crippen molar-refractivity contribution in [2.24, 2.45) is 5.92 Å². The molecule has 2 aromatic rings. The predicted molar refractivity (Wildman–Crippen MR) is 111 cm³/mol. The first-order valence-electron chi connectivity index (χ1n) is 10.6. The van der Waals surface area contributed by atoms with Crippen molar-refractivity contribution >= 4 is 5.91 Å². The minimum atomic E-state index is 0.285. The maximum atomic E-state index is 13.2. The molecule has 2 heteroatoms. The molecule has 0 bridgehead atoms. The van der Waals surface area contributed by atoms with Crippen molar-refractivity contribution in [3.8, 4) is 0 Å². The fraction of sp³-hybridized carbons (Fsp3) is 0.480. The first kappa shape index (κ1) is 18.3. The SMILES string of the molecule is CC(CC(=O)N1CC[C@@H](c2ccccc2)[C@@H]2CCCC[C@@H]21)c1ccccc1. The topological polar surface area (TPSA) is 20.3 Å². The molecule has 142 valence electrons. The second-order valence-electron chi connectivity index (χ2n) is 8.42. The van der Waals surface area contributed by atoms with Gasteiger partial charge in [-0.15, -0.1) is 0 Å². The molecular weight excluding hydrogens is 330 g/mol. The molecular formula is C25H31NO. The van der Waals surface area contributed by atoms with Gasteiger partial charge in [0, 0.05) is 19.0 Å².